The molecule has 0 aliphatic carbocycles. The molecule has 3 N–H and O–H groups in total. The molecule has 0 spiro atoms. The maximum absolute atomic E-state index is 12.5. The van der Waals surface area contributed by atoms with E-state index in [1.165, 1.54) is 250 Å². The number of rotatable bonds is 55. The number of unbranched alkanes of at least 4 members (excludes halogenated alkanes) is 40. The van der Waals surface area contributed by atoms with E-state index in [0.29, 0.717) is 6.42 Å². The molecule has 0 rings (SSSR count). The zero-order valence-electron chi connectivity index (χ0n) is 45.2. The van der Waals surface area contributed by atoms with E-state index < -0.39 is 12.1 Å². The van der Waals surface area contributed by atoms with Gasteiger partial charge in [-0.15, -0.1) is 0 Å². The lowest BCUT2D eigenvalue weighted by Gasteiger charge is -2.19. The average molecular weight is 937 g/mol. The van der Waals surface area contributed by atoms with Crippen molar-refractivity contribution in [2.24, 2.45) is 0 Å². The number of amides is 1. The van der Waals surface area contributed by atoms with Crippen LogP contribution in [0.1, 0.15) is 316 Å². The van der Waals surface area contributed by atoms with Gasteiger partial charge in [-0.05, 0) is 77.0 Å². The van der Waals surface area contributed by atoms with E-state index in [-0.39, 0.29) is 12.5 Å². The van der Waals surface area contributed by atoms with Crippen LogP contribution in [0.15, 0.2) is 60.8 Å². The molecule has 0 aromatic carbocycles. The van der Waals surface area contributed by atoms with Crippen LogP contribution in [-0.2, 0) is 4.79 Å². The number of nitrogens with one attached hydrogen (secondary N) is 1. The second-order valence-electron chi connectivity index (χ2n) is 20.4. The summed E-state index contributed by atoms with van der Waals surface area (Å²) < 4.78 is 0. The lowest BCUT2D eigenvalue weighted by atomic mass is 10.0. The molecule has 4 heteroatoms. The zero-order chi connectivity index (χ0) is 48.5. The fourth-order valence-electron chi connectivity index (χ4n) is 9.13. The quantitative estimate of drug-likeness (QED) is 0.0420. The Morgan fingerprint density at radius 2 is 0.627 bits per heavy atom. The summed E-state index contributed by atoms with van der Waals surface area (Å²) in [7, 11) is 0. The molecule has 67 heavy (non-hydrogen) atoms. The van der Waals surface area contributed by atoms with Crippen molar-refractivity contribution in [2.75, 3.05) is 6.61 Å². The maximum atomic E-state index is 12.5. The van der Waals surface area contributed by atoms with E-state index in [0.717, 1.165) is 44.9 Å². The van der Waals surface area contributed by atoms with Gasteiger partial charge in [0.25, 0.3) is 0 Å². The lowest BCUT2D eigenvalue weighted by molar-refractivity contribution is -0.123. The van der Waals surface area contributed by atoms with Gasteiger partial charge in [0.15, 0.2) is 0 Å². The first-order valence-corrected chi connectivity index (χ1v) is 30.0. The number of hydrogen-bond donors (Lipinski definition) is 3. The second-order valence-corrected chi connectivity index (χ2v) is 20.4. The third kappa shape index (κ3) is 54.9. The van der Waals surface area contributed by atoms with Crippen LogP contribution in [0.25, 0.3) is 0 Å². The van der Waals surface area contributed by atoms with E-state index in [1.54, 1.807) is 6.08 Å². The van der Waals surface area contributed by atoms with Crippen molar-refractivity contribution in [1.29, 1.82) is 0 Å². The van der Waals surface area contributed by atoms with Crippen LogP contribution in [0, 0.1) is 0 Å². The molecule has 0 saturated heterocycles. The molecule has 4 nitrogen and oxygen atoms in total. The molecule has 0 heterocycles. The fraction of sp³-hybridized carbons (Fsp3) is 0.825. The van der Waals surface area contributed by atoms with Crippen LogP contribution >= 0.6 is 0 Å². The zero-order valence-corrected chi connectivity index (χ0v) is 45.2. The first-order chi connectivity index (χ1) is 33.2. The maximum Gasteiger partial charge on any atom is 0.220 e. The van der Waals surface area contributed by atoms with E-state index in [2.05, 4.69) is 67.8 Å². The topological polar surface area (TPSA) is 69.6 Å². The molecule has 0 aromatic heterocycles. The van der Waals surface area contributed by atoms with Gasteiger partial charge >= 0.3 is 0 Å². The highest BCUT2D eigenvalue weighted by molar-refractivity contribution is 5.76. The van der Waals surface area contributed by atoms with E-state index in [4.69, 9.17) is 0 Å². The summed E-state index contributed by atoms with van der Waals surface area (Å²) >= 11 is 0. The third-order valence-corrected chi connectivity index (χ3v) is 13.7. The van der Waals surface area contributed by atoms with Gasteiger partial charge in [-0.25, -0.2) is 0 Å². The molecule has 0 radical (unpaired) electrons. The van der Waals surface area contributed by atoms with Gasteiger partial charge in [-0.3, -0.25) is 4.79 Å². The van der Waals surface area contributed by atoms with Gasteiger partial charge in [-0.2, -0.15) is 0 Å². The minimum Gasteiger partial charge on any atom is -0.394 e. The van der Waals surface area contributed by atoms with E-state index >= 15 is 0 Å². The number of carbonyl (C=O) groups excluding carboxylic acids is 1. The van der Waals surface area contributed by atoms with Crippen LogP contribution in [0.3, 0.4) is 0 Å². The highest BCUT2D eigenvalue weighted by Gasteiger charge is 2.18. The van der Waals surface area contributed by atoms with Crippen LogP contribution < -0.4 is 5.32 Å². The molecule has 2 atom stereocenters. The molecule has 0 fully saturated rings. The Bertz CT molecular complexity index is 1110. The average Bonchev–Trinajstić information content (AvgIpc) is 3.33. The number of hydrogen-bond acceptors (Lipinski definition) is 3. The highest BCUT2D eigenvalue weighted by atomic mass is 16.3. The number of aliphatic hydroxyl groups excluding tert-OH is 2. The molecule has 2 unspecified atom stereocenters. The summed E-state index contributed by atoms with van der Waals surface area (Å²) in [6, 6.07) is -0.647. The van der Waals surface area contributed by atoms with Crippen molar-refractivity contribution in [3.63, 3.8) is 0 Å². The molecule has 0 aliphatic rings. The Labute approximate surface area is 419 Å². The van der Waals surface area contributed by atoms with Crippen molar-refractivity contribution >= 4 is 5.91 Å². The predicted molar refractivity (Wildman–Crippen MR) is 299 cm³/mol. The summed E-state index contributed by atoms with van der Waals surface area (Å²) in [5.41, 5.74) is 0. The summed E-state index contributed by atoms with van der Waals surface area (Å²) in [5.74, 6) is -0.0755. The Morgan fingerprint density at radius 1 is 0.358 bits per heavy atom. The smallest absolute Gasteiger partial charge is 0.220 e. The first kappa shape index (κ1) is 65.1. The molecule has 392 valence electrons. The Morgan fingerprint density at radius 3 is 0.955 bits per heavy atom. The molecular weight excluding hydrogens is 819 g/mol. The van der Waals surface area contributed by atoms with E-state index in [9.17, 15) is 15.0 Å². The molecule has 0 saturated carbocycles. The van der Waals surface area contributed by atoms with Crippen LogP contribution in [0.4, 0.5) is 0 Å². The first-order valence-electron chi connectivity index (χ1n) is 30.0. The van der Waals surface area contributed by atoms with Crippen LogP contribution in [0.2, 0.25) is 0 Å². The molecule has 1 amide bonds. The van der Waals surface area contributed by atoms with Gasteiger partial charge in [0.05, 0.1) is 18.8 Å². The van der Waals surface area contributed by atoms with Crippen molar-refractivity contribution in [3.05, 3.63) is 60.8 Å². The van der Waals surface area contributed by atoms with Crippen molar-refractivity contribution in [3.8, 4) is 0 Å². The SMILES string of the molecule is CCCCCCCCCC/C=C/CC/C=C/CC/C=C/C(O)C(CO)NC(=O)CCCCCCCCCCCCCCCCCCC/C=C\C/C=C\CCCCCCCCCCCCCCC. The van der Waals surface area contributed by atoms with E-state index in [1.807, 2.05) is 6.08 Å². The molecule has 0 aliphatic heterocycles. The minimum absolute atomic E-state index is 0.0755. The van der Waals surface area contributed by atoms with Crippen LogP contribution in [-0.4, -0.2) is 34.9 Å². The molecular formula is C63H117NO3. The molecule has 0 aromatic rings. The predicted octanol–water partition coefficient (Wildman–Crippen LogP) is 20.0. The van der Waals surface area contributed by atoms with Crippen LogP contribution in [0.5, 0.6) is 0 Å². The molecule has 0 bridgehead atoms. The lowest BCUT2D eigenvalue weighted by Crippen LogP contribution is -2.45. The normalized spacial score (nSPS) is 13.2. The van der Waals surface area contributed by atoms with Gasteiger partial charge in [0.1, 0.15) is 0 Å². The summed E-state index contributed by atoms with van der Waals surface area (Å²) in [4.78, 5) is 12.5. The second kappa shape index (κ2) is 58.4. The number of carbonyl (C=O) groups is 1. The number of aliphatic hydroxyl groups is 2. The minimum atomic E-state index is -0.872. The summed E-state index contributed by atoms with van der Waals surface area (Å²) in [6.07, 6.45) is 82.7. The fourth-order valence-corrected chi connectivity index (χ4v) is 9.13. The standard InChI is InChI=1S/C63H117NO3/c1-3-5-7-9-11-13-15-17-19-21-23-24-25-26-27-28-29-30-31-32-33-34-35-36-37-38-39-40-41-43-45-47-49-51-53-55-57-59-63(67)64-61(60-65)62(66)58-56-54-52-50-48-46-44-42-22-20-18-16-14-12-10-8-6-4-2/h22,27-28,30-31,42,48,50,56,58,61-62,65-66H,3-21,23-26,29,32-41,43-47,49,51-55,57,59-60H2,1-2H3,(H,64,67)/b28-27-,31-30-,42-22+,50-48+,58-56+. The van der Waals surface area contributed by atoms with Gasteiger partial charge in [0, 0.05) is 6.42 Å². The van der Waals surface area contributed by atoms with Crippen molar-refractivity contribution in [1.82, 2.24) is 5.32 Å². The van der Waals surface area contributed by atoms with Gasteiger partial charge in [-0.1, -0.05) is 293 Å². The third-order valence-electron chi connectivity index (χ3n) is 13.7. The van der Waals surface area contributed by atoms with Crippen molar-refractivity contribution in [2.45, 2.75) is 328 Å². The highest BCUT2D eigenvalue weighted by Crippen LogP contribution is 2.17. The van der Waals surface area contributed by atoms with Crippen molar-refractivity contribution < 1.29 is 15.0 Å². The monoisotopic (exact) mass is 936 g/mol. The Hall–Kier alpha value is -1.91. The number of allylic oxidation sites excluding steroid dienone is 9. The Kier molecular flexibility index (Phi) is 56.7. The summed E-state index contributed by atoms with van der Waals surface area (Å²) in [6.45, 7) is 4.31. The summed E-state index contributed by atoms with van der Waals surface area (Å²) in [5, 5.41) is 23.1. The Balaban J connectivity index is 3.48. The largest absolute Gasteiger partial charge is 0.394 e. The van der Waals surface area contributed by atoms with Gasteiger partial charge in [0.2, 0.25) is 5.91 Å². The van der Waals surface area contributed by atoms with Gasteiger partial charge < -0.3 is 15.5 Å².